The normalized spacial score (nSPS) is 12.0. The molecule has 0 spiro atoms. The molecular formula is C56H38N5OSe+. The average Bonchev–Trinajstić information content (AvgIpc) is 3.93. The molecule has 1 aliphatic rings. The van der Waals surface area contributed by atoms with Crippen LogP contribution in [0.3, 0.4) is 0 Å². The predicted octanol–water partition coefficient (Wildman–Crippen LogP) is 11.8. The van der Waals surface area contributed by atoms with Gasteiger partial charge in [-0.15, -0.1) is 0 Å². The van der Waals surface area contributed by atoms with E-state index in [9.17, 15) is 0 Å². The molecule has 0 unspecified atom stereocenters. The maximum Gasteiger partial charge on any atom is -0.0542 e. The fourth-order valence-electron chi connectivity index (χ4n) is 8.94. The predicted molar refractivity (Wildman–Crippen MR) is 257 cm³/mol. The van der Waals surface area contributed by atoms with Crippen LogP contribution in [0, 0.1) is 0 Å². The molecule has 12 rings (SSSR count). The Labute approximate surface area is 371 Å². The van der Waals surface area contributed by atoms with Crippen molar-refractivity contribution in [1.82, 2.24) is 14.1 Å². The molecule has 1 aliphatic heterocycles. The monoisotopic (exact) mass is 876 g/mol. The molecule has 0 N–H and O–H groups in total. The minimum atomic E-state index is 0.0574. The molecule has 0 saturated heterocycles. The van der Waals surface area contributed by atoms with Crippen molar-refractivity contribution in [2.24, 2.45) is 0 Å². The number of rotatable bonds is 8. The Morgan fingerprint density at radius 3 is 1.92 bits per heavy atom. The van der Waals surface area contributed by atoms with Gasteiger partial charge in [-0.05, 0) is 11.1 Å². The number of imidazole rings is 1. The van der Waals surface area contributed by atoms with Gasteiger partial charge in [0.05, 0.1) is 0 Å². The first-order chi connectivity index (χ1) is 31.2. The van der Waals surface area contributed by atoms with Gasteiger partial charge in [-0.3, -0.25) is 0 Å². The average molecular weight is 876 g/mol. The molecule has 0 radical (unpaired) electrons. The van der Waals surface area contributed by atoms with E-state index in [2.05, 4.69) is 236 Å². The first-order valence-electron chi connectivity index (χ1n) is 21.0. The largest absolute Gasteiger partial charge is 0.0616 e. The summed E-state index contributed by atoms with van der Waals surface area (Å²) >= 11 is 0.0574. The molecule has 4 heterocycles. The summed E-state index contributed by atoms with van der Waals surface area (Å²) in [5, 5.41) is 1.17. The van der Waals surface area contributed by atoms with Crippen LogP contribution in [0.1, 0.15) is 0 Å². The number of para-hydroxylation sites is 5. The van der Waals surface area contributed by atoms with Gasteiger partial charge in [0.25, 0.3) is 0 Å². The van der Waals surface area contributed by atoms with E-state index in [0.717, 1.165) is 84.6 Å². The molecule has 3 aromatic heterocycles. The van der Waals surface area contributed by atoms with E-state index in [1.165, 1.54) is 14.3 Å². The van der Waals surface area contributed by atoms with Crippen molar-refractivity contribution in [1.29, 1.82) is 0 Å². The van der Waals surface area contributed by atoms with Gasteiger partial charge in [0.15, 0.2) is 0 Å². The Kier molecular flexibility index (Phi) is 9.07. The molecule has 7 heteroatoms. The molecule has 0 fully saturated rings. The van der Waals surface area contributed by atoms with E-state index in [4.69, 9.17) is 4.74 Å². The van der Waals surface area contributed by atoms with Crippen molar-refractivity contribution < 1.29 is 9.30 Å². The maximum atomic E-state index is 6.85. The summed E-state index contributed by atoms with van der Waals surface area (Å²) in [6.07, 6.45) is 6.13. The second-order valence-electron chi connectivity index (χ2n) is 15.5. The summed E-state index contributed by atoms with van der Waals surface area (Å²) in [6.45, 7) is 0. The first kappa shape index (κ1) is 36.9. The SMILES string of the molecule is c1ccc(-c2cccc(-c3ccccc3)c2-[n+]2cn(-c3cccc(Oc4ccc5c(c4)N(c4cc6ccccc6n4-c4ccccc4)c4ccncc4[Se]5)c3)c3ccccc32)cc1. The van der Waals surface area contributed by atoms with Crippen LogP contribution in [0.2, 0.25) is 0 Å². The molecule has 0 saturated carbocycles. The Balaban J connectivity index is 0.962. The second kappa shape index (κ2) is 15.5. The number of hydrogen-bond acceptors (Lipinski definition) is 3. The molecule has 0 amide bonds. The third kappa shape index (κ3) is 6.50. The zero-order chi connectivity index (χ0) is 41.7. The number of ether oxygens (including phenoxy) is 1. The summed E-state index contributed by atoms with van der Waals surface area (Å²) in [4.78, 5) is 6.94. The fourth-order valence-corrected chi connectivity index (χ4v) is 11.0. The second-order valence-corrected chi connectivity index (χ2v) is 17.8. The third-order valence-electron chi connectivity index (χ3n) is 11.7. The Hall–Kier alpha value is -7.96. The zero-order valence-corrected chi connectivity index (χ0v) is 35.7. The number of fused-ring (bicyclic) bond motifs is 4. The Bertz CT molecular complexity index is 3410. The van der Waals surface area contributed by atoms with Gasteiger partial charge in [-0.1, -0.05) is 84.9 Å². The van der Waals surface area contributed by atoms with Gasteiger partial charge in [-0.2, -0.15) is 0 Å². The van der Waals surface area contributed by atoms with Crippen LogP contribution in [0.15, 0.2) is 231 Å². The summed E-state index contributed by atoms with van der Waals surface area (Å²) < 4.78 is 16.3. The first-order valence-corrected chi connectivity index (χ1v) is 22.7. The van der Waals surface area contributed by atoms with Crippen molar-refractivity contribution in [3.05, 3.63) is 231 Å². The van der Waals surface area contributed by atoms with Crippen LogP contribution in [-0.2, 0) is 0 Å². The van der Waals surface area contributed by atoms with Crippen LogP contribution < -0.4 is 23.1 Å². The quantitative estimate of drug-likeness (QED) is 0.113. The number of pyridine rings is 1. The molecule has 6 nitrogen and oxygen atoms in total. The van der Waals surface area contributed by atoms with Crippen LogP contribution in [0.4, 0.5) is 17.2 Å². The summed E-state index contributed by atoms with van der Waals surface area (Å²) in [6, 6.07) is 75.1. The maximum absolute atomic E-state index is 6.85. The summed E-state index contributed by atoms with van der Waals surface area (Å²) in [5.41, 5.74) is 13.4. The fraction of sp³-hybridized carbons (Fsp3) is 0. The van der Waals surface area contributed by atoms with Crippen molar-refractivity contribution in [3.63, 3.8) is 0 Å². The third-order valence-corrected chi connectivity index (χ3v) is 14.0. The van der Waals surface area contributed by atoms with E-state index in [0.29, 0.717) is 0 Å². The smallest absolute Gasteiger partial charge is 0.0542 e. The number of anilines is 3. The van der Waals surface area contributed by atoms with Crippen LogP contribution >= 0.6 is 0 Å². The minimum absolute atomic E-state index is 0.0574. The number of benzene rings is 8. The topological polar surface area (TPSA) is 39.1 Å². The van der Waals surface area contributed by atoms with Crippen LogP contribution in [0.5, 0.6) is 11.5 Å². The van der Waals surface area contributed by atoms with Gasteiger partial charge < -0.3 is 0 Å². The Morgan fingerprint density at radius 2 is 1.14 bits per heavy atom. The molecule has 0 bridgehead atoms. The zero-order valence-electron chi connectivity index (χ0n) is 34.0. The van der Waals surface area contributed by atoms with Crippen molar-refractivity contribution in [2.75, 3.05) is 4.90 Å². The molecule has 0 aliphatic carbocycles. The number of hydrogen-bond donors (Lipinski definition) is 0. The molecule has 0 atom stereocenters. The molecule has 63 heavy (non-hydrogen) atoms. The van der Waals surface area contributed by atoms with Gasteiger partial charge in [0.2, 0.25) is 0 Å². The van der Waals surface area contributed by atoms with Crippen LogP contribution in [0.25, 0.3) is 61.3 Å². The standard InChI is InChI=1S/C56H38N5OSe/c1-4-16-39(17-5-1)46-25-15-26-47(40-18-6-2-7-19-40)56(46)59-38-58(49-28-12-13-29-50(49)59)43-23-14-24-44(35-43)62-45-30-31-53-52(36-45)61(51-32-33-57-37-54(51)63-53)55-34-41-20-10-11-27-48(41)60(55)42-21-8-3-9-22-42/h1-38H/q+1. The van der Waals surface area contributed by atoms with Crippen molar-refractivity contribution in [3.8, 4) is 50.8 Å². The number of nitrogens with zero attached hydrogens (tertiary/aromatic N) is 5. The molecule has 298 valence electrons. The minimum Gasteiger partial charge on any atom is -0.0616 e. The molecule has 8 aromatic carbocycles. The van der Waals surface area contributed by atoms with E-state index in [1.54, 1.807) is 0 Å². The summed E-state index contributed by atoms with van der Waals surface area (Å²) in [7, 11) is 0. The van der Waals surface area contributed by atoms with E-state index < -0.39 is 0 Å². The van der Waals surface area contributed by atoms with E-state index in [1.807, 2.05) is 18.5 Å². The molecular weight excluding hydrogens is 838 g/mol. The molecule has 11 aromatic rings. The van der Waals surface area contributed by atoms with Crippen LogP contribution in [-0.4, -0.2) is 29.1 Å². The van der Waals surface area contributed by atoms with Gasteiger partial charge in [0.1, 0.15) is 0 Å². The Morgan fingerprint density at radius 1 is 0.492 bits per heavy atom. The van der Waals surface area contributed by atoms with Crippen molar-refractivity contribution >= 4 is 63.0 Å². The number of aromatic nitrogens is 4. The van der Waals surface area contributed by atoms with E-state index >= 15 is 0 Å². The van der Waals surface area contributed by atoms with E-state index in [-0.39, 0.29) is 15.0 Å². The van der Waals surface area contributed by atoms with Crippen molar-refractivity contribution in [2.45, 2.75) is 0 Å². The van der Waals surface area contributed by atoms with Gasteiger partial charge in [0, 0.05) is 11.1 Å². The van der Waals surface area contributed by atoms with Gasteiger partial charge in [-0.25, -0.2) is 0 Å². The van der Waals surface area contributed by atoms with Gasteiger partial charge >= 0.3 is 266 Å². The summed E-state index contributed by atoms with van der Waals surface area (Å²) in [5.74, 6) is 2.58.